The molecule has 0 saturated carbocycles. The van der Waals surface area contributed by atoms with Crippen molar-refractivity contribution in [2.45, 2.75) is 6.92 Å². The molecule has 1 radical (unpaired) electrons. The number of benzene rings is 1. The van der Waals surface area contributed by atoms with E-state index in [4.69, 9.17) is 15.2 Å². The largest absolute Gasteiger partial charge is 0.493 e. The molecule has 1 N–H and O–H groups in total. The Labute approximate surface area is 100 Å². The van der Waals surface area contributed by atoms with E-state index in [9.17, 15) is 0 Å². The van der Waals surface area contributed by atoms with E-state index in [2.05, 4.69) is 4.98 Å². The number of pyridine rings is 1. The van der Waals surface area contributed by atoms with Crippen molar-refractivity contribution in [3.63, 3.8) is 0 Å². The van der Waals surface area contributed by atoms with Crippen LogP contribution >= 0.6 is 0 Å². The van der Waals surface area contributed by atoms with Gasteiger partial charge in [0.1, 0.15) is 5.75 Å². The van der Waals surface area contributed by atoms with E-state index in [1.807, 2.05) is 19.1 Å². The summed E-state index contributed by atoms with van der Waals surface area (Å²) in [7, 11) is 1.55. The first-order valence-corrected chi connectivity index (χ1v) is 5.19. The van der Waals surface area contributed by atoms with Gasteiger partial charge in [-0.05, 0) is 31.2 Å². The summed E-state index contributed by atoms with van der Waals surface area (Å²) in [5.74, 6) is 1.76. The van der Waals surface area contributed by atoms with Gasteiger partial charge in [-0.3, -0.25) is 4.98 Å². The van der Waals surface area contributed by atoms with E-state index in [1.165, 1.54) is 0 Å². The van der Waals surface area contributed by atoms with Crippen molar-refractivity contribution in [2.75, 3.05) is 7.11 Å². The van der Waals surface area contributed by atoms with Crippen LogP contribution in [-0.2, 0) is 0 Å². The number of rotatable bonds is 3. The number of nitrogens with one attached hydrogen (secondary N) is 1. The molecule has 87 valence electrons. The number of nitrogens with zero attached hydrogens (tertiary/aromatic N) is 1. The third kappa shape index (κ3) is 2.66. The second-order valence-electron chi connectivity index (χ2n) is 3.60. The Morgan fingerprint density at radius 3 is 2.59 bits per heavy atom. The maximum atomic E-state index is 7.50. The third-order valence-electron chi connectivity index (χ3n) is 2.28. The van der Waals surface area contributed by atoms with E-state index in [0.29, 0.717) is 22.9 Å². The van der Waals surface area contributed by atoms with Crippen LogP contribution < -0.4 is 15.2 Å². The number of methoxy groups -OCH3 is 1. The Hall–Kier alpha value is -2.23. The van der Waals surface area contributed by atoms with Gasteiger partial charge in [0.2, 0.25) is 0 Å². The molecule has 0 aliphatic carbocycles. The van der Waals surface area contributed by atoms with Crippen LogP contribution in [0.25, 0.3) is 0 Å². The Balaban J connectivity index is 2.26. The fraction of sp³-hybridized carbons (Fsp3) is 0.154. The van der Waals surface area contributed by atoms with Gasteiger partial charge in [0.15, 0.2) is 11.5 Å². The van der Waals surface area contributed by atoms with Crippen molar-refractivity contribution in [3.8, 4) is 17.2 Å². The molecular formula is C13H13N2O2. The average Bonchev–Trinajstić information content (AvgIpc) is 2.34. The van der Waals surface area contributed by atoms with Gasteiger partial charge in [-0.1, -0.05) is 0 Å². The van der Waals surface area contributed by atoms with Crippen LogP contribution in [0.15, 0.2) is 36.5 Å². The van der Waals surface area contributed by atoms with Crippen LogP contribution in [0.4, 0.5) is 5.69 Å². The van der Waals surface area contributed by atoms with Crippen molar-refractivity contribution in [1.82, 2.24) is 10.7 Å². The zero-order chi connectivity index (χ0) is 12.3. The molecule has 1 aromatic carbocycles. The smallest absolute Gasteiger partial charge is 0.169 e. The molecule has 1 aromatic heterocycles. The maximum Gasteiger partial charge on any atom is 0.169 e. The fourth-order valence-electron chi connectivity index (χ4n) is 1.39. The molecule has 0 unspecified atom stereocenters. The van der Waals surface area contributed by atoms with Crippen LogP contribution in [0.2, 0.25) is 0 Å². The zero-order valence-electron chi connectivity index (χ0n) is 9.73. The van der Waals surface area contributed by atoms with E-state index < -0.39 is 0 Å². The van der Waals surface area contributed by atoms with Gasteiger partial charge in [-0.25, -0.2) is 0 Å². The summed E-state index contributed by atoms with van der Waals surface area (Å²) in [6, 6.07) is 8.69. The lowest BCUT2D eigenvalue weighted by Crippen LogP contribution is -1.91. The van der Waals surface area contributed by atoms with Crippen LogP contribution in [0.3, 0.4) is 0 Å². The molecule has 0 atom stereocenters. The van der Waals surface area contributed by atoms with Gasteiger partial charge >= 0.3 is 0 Å². The maximum absolute atomic E-state index is 7.50. The van der Waals surface area contributed by atoms with E-state index in [-0.39, 0.29) is 0 Å². The minimum atomic E-state index is 0.385. The Bertz CT molecular complexity index is 509. The second kappa shape index (κ2) is 4.74. The quantitative estimate of drug-likeness (QED) is 0.812. The second-order valence-corrected chi connectivity index (χ2v) is 3.60. The molecule has 2 rings (SSSR count). The monoisotopic (exact) mass is 229 g/mol. The Kier molecular flexibility index (Phi) is 3.14. The summed E-state index contributed by atoms with van der Waals surface area (Å²) < 4.78 is 10.8. The number of aromatic nitrogens is 1. The van der Waals surface area contributed by atoms with E-state index >= 15 is 0 Å². The molecule has 0 amide bonds. The predicted molar refractivity (Wildman–Crippen MR) is 64.8 cm³/mol. The molecule has 4 heteroatoms. The highest BCUT2D eigenvalue weighted by Gasteiger charge is 2.06. The van der Waals surface area contributed by atoms with Crippen LogP contribution in [-0.4, -0.2) is 12.1 Å². The van der Waals surface area contributed by atoms with Gasteiger partial charge in [-0.2, -0.15) is 0 Å². The molecule has 0 aliphatic rings. The number of hydrogen-bond acceptors (Lipinski definition) is 3. The zero-order valence-corrected chi connectivity index (χ0v) is 9.73. The van der Waals surface area contributed by atoms with Crippen molar-refractivity contribution < 1.29 is 9.47 Å². The molecule has 0 fully saturated rings. The molecule has 1 heterocycles. The van der Waals surface area contributed by atoms with Crippen LogP contribution in [0, 0.1) is 6.92 Å². The molecule has 0 aliphatic heterocycles. The first-order chi connectivity index (χ1) is 8.19. The lowest BCUT2D eigenvalue weighted by Gasteiger charge is -2.10. The van der Waals surface area contributed by atoms with Crippen LogP contribution in [0.1, 0.15) is 5.69 Å². The molecule has 4 nitrogen and oxygen atoms in total. The minimum absolute atomic E-state index is 0.385. The summed E-state index contributed by atoms with van der Waals surface area (Å²) >= 11 is 0. The summed E-state index contributed by atoms with van der Waals surface area (Å²) in [4.78, 5) is 4.15. The van der Waals surface area contributed by atoms with Gasteiger partial charge < -0.3 is 15.2 Å². The molecule has 0 bridgehead atoms. The topological polar surface area (TPSA) is 55.2 Å². The lowest BCUT2D eigenvalue weighted by atomic mass is 10.3. The number of hydrogen-bond donors (Lipinski definition) is 0. The first kappa shape index (κ1) is 11.3. The van der Waals surface area contributed by atoms with Gasteiger partial charge in [-0.15, -0.1) is 0 Å². The average molecular weight is 229 g/mol. The molecule has 17 heavy (non-hydrogen) atoms. The Morgan fingerprint density at radius 1 is 1.12 bits per heavy atom. The molecular weight excluding hydrogens is 216 g/mol. The van der Waals surface area contributed by atoms with Gasteiger partial charge in [0.05, 0.1) is 19.0 Å². The molecule has 0 spiro atoms. The normalized spacial score (nSPS) is 10.0. The van der Waals surface area contributed by atoms with Crippen molar-refractivity contribution in [1.29, 1.82) is 0 Å². The highest BCUT2D eigenvalue weighted by molar-refractivity contribution is 5.51. The fourth-order valence-corrected chi connectivity index (χ4v) is 1.39. The van der Waals surface area contributed by atoms with Gasteiger partial charge in [0.25, 0.3) is 0 Å². The van der Waals surface area contributed by atoms with Crippen molar-refractivity contribution in [2.24, 2.45) is 0 Å². The first-order valence-electron chi connectivity index (χ1n) is 5.19. The summed E-state index contributed by atoms with van der Waals surface area (Å²) in [5.41, 5.74) is 8.82. The van der Waals surface area contributed by atoms with Crippen LogP contribution in [0.5, 0.6) is 17.2 Å². The van der Waals surface area contributed by atoms with Crippen molar-refractivity contribution >= 4 is 5.69 Å². The number of ether oxygens (including phenoxy) is 2. The molecule has 0 saturated heterocycles. The lowest BCUT2D eigenvalue weighted by molar-refractivity contribution is 0.378. The highest BCUT2D eigenvalue weighted by Crippen LogP contribution is 2.33. The standard InChI is InChI=1S/C13H13N2O2/c1-9-3-5-11(8-15-9)17-12-6-4-10(14)7-13(12)16-2/h3-8,14H,1-2H3. The SMILES string of the molecule is COc1cc([NH])ccc1Oc1ccc(C)nc1. The van der Waals surface area contributed by atoms with E-state index in [1.54, 1.807) is 31.5 Å². The third-order valence-corrected chi connectivity index (χ3v) is 2.28. The predicted octanol–water partition coefficient (Wildman–Crippen LogP) is 3.11. The van der Waals surface area contributed by atoms with Crippen molar-refractivity contribution in [3.05, 3.63) is 42.2 Å². The highest BCUT2D eigenvalue weighted by atomic mass is 16.5. The minimum Gasteiger partial charge on any atom is -0.493 e. The summed E-state index contributed by atoms with van der Waals surface area (Å²) in [6.45, 7) is 1.92. The molecule has 2 aromatic rings. The summed E-state index contributed by atoms with van der Waals surface area (Å²) in [6.07, 6.45) is 1.66. The van der Waals surface area contributed by atoms with Gasteiger partial charge in [0, 0.05) is 11.8 Å². The Morgan fingerprint density at radius 2 is 1.94 bits per heavy atom. The van der Waals surface area contributed by atoms with E-state index in [0.717, 1.165) is 5.69 Å². The summed E-state index contributed by atoms with van der Waals surface area (Å²) in [5, 5.41) is 0. The number of aryl methyl sites for hydroxylation is 1.